The van der Waals surface area contributed by atoms with Gasteiger partial charge in [0.1, 0.15) is 18.2 Å². The number of carbonyl (C=O) groups excluding carboxylic acids is 2. The van der Waals surface area contributed by atoms with Gasteiger partial charge in [-0.2, -0.15) is 0 Å². The fraction of sp³-hybridized carbons (Fsp3) is 0.733. The van der Waals surface area contributed by atoms with Crippen molar-refractivity contribution in [3.8, 4) is 0 Å². The highest BCUT2D eigenvalue weighted by Crippen LogP contribution is 2.50. The highest BCUT2D eigenvalue weighted by Gasteiger charge is 2.56. The zero-order valence-electron chi connectivity index (χ0n) is 22.8. The van der Waals surface area contributed by atoms with Gasteiger partial charge in [0.25, 0.3) is 5.91 Å². The van der Waals surface area contributed by atoms with Gasteiger partial charge in [-0.05, 0) is 56.6 Å². The molecule has 0 spiro atoms. The average molecular weight is 545 g/mol. The molecule has 3 aliphatic carbocycles. The lowest BCUT2D eigenvalue weighted by molar-refractivity contribution is -0.135. The highest BCUT2D eigenvalue weighted by atomic mass is 19.1. The molecule has 0 radical (unpaired) electrons. The van der Waals surface area contributed by atoms with Gasteiger partial charge in [0, 0.05) is 49.8 Å². The Labute approximate surface area is 229 Å². The first-order valence-electron chi connectivity index (χ1n) is 15.0. The Kier molecular flexibility index (Phi) is 7.44. The number of ether oxygens (including phenoxy) is 1. The predicted octanol–water partition coefficient (Wildman–Crippen LogP) is 4.21. The van der Waals surface area contributed by atoms with E-state index in [0.717, 1.165) is 25.7 Å². The molecule has 9 heteroatoms. The van der Waals surface area contributed by atoms with Crippen molar-refractivity contribution in [3.63, 3.8) is 0 Å². The Morgan fingerprint density at radius 2 is 1.62 bits per heavy atom. The maximum absolute atomic E-state index is 15.5. The third-order valence-corrected chi connectivity index (χ3v) is 9.98. The Bertz CT molecular complexity index is 1080. The van der Waals surface area contributed by atoms with Crippen molar-refractivity contribution in [1.29, 1.82) is 0 Å². The number of alkyl halides is 1. The Morgan fingerprint density at radius 3 is 2.28 bits per heavy atom. The minimum absolute atomic E-state index is 0.00180. The lowest BCUT2D eigenvalue weighted by Gasteiger charge is -2.45. The zero-order valence-corrected chi connectivity index (χ0v) is 22.8. The number of amides is 2. The summed E-state index contributed by atoms with van der Waals surface area (Å²) in [4.78, 5) is 29.1. The molecule has 214 valence electrons. The molecule has 5 fully saturated rings. The summed E-state index contributed by atoms with van der Waals surface area (Å²) in [7, 11) is 0. The Morgan fingerprint density at radius 1 is 0.949 bits per heavy atom. The zero-order chi connectivity index (χ0) is 27.2. The highest BCUT2D eigenvalue weighted by molar-refractivity contribution is 5.95. The smallest absolute Gasteiger partial charge is 0.254 e. The fourth-order valence-corrected chi connectivity index (χ4v) is 7.45. The largest absolute Gasteiger partial charge is 0.350 e. The molecule has 2 aliphatic heterocycles. The molecule has 1 aromatic rings. The van der Waals surface area contributed by atoms with Crippen LogP contribution in [0, 0.1) is 11.7 Å². The van der Waals surface area contributed by atoms with Crippen molar-refractivity contribution in [1.82, 2.24) is 15.1 Å². The normalized spacial score (nSPS) is 33.3. The van der Waals surface area contributed by atoms with Gasteiger partial charge in [-0.25, -0.2) is 8.78 Å². The van der Waals surface area contributed by atoms with Crippen molar-refractivity contribution in [3.05, 3.63) is 35.1 Å². The second-order valence-electron chi connectivity index (χ2n) is 12.6. The number of nitrogens with two attached hydrogens (primary N) is 1. The first-order chi connectivity index (χ1) is 18.8. The van der Waals surface area contributed by atoms with E-state index in [1.165, 1.54) is 25.3 Å². The van der Waals surface area contributed by atoms with Crippen molar-refractivity contribution >= 4 is 11.8 Å². The maximum Gasteiger partial charge on any atom is 0.254 e. The van der Waals surface area contributed by atoms with E-state index in [4.69, 9.17) is 10.5 Å². The minimum atomic E-state index is -0.896. The van der Waals surface area contributed by atoms with Gasteiger partial charge in [0.05, 0.1) is 11.1 Å². The van der Waals surface area contributed by atoms with E-state index in [1.807, 2.05) is 0 Å². The quantitative estimate of drug-likeness (QED) is 0.593. The predicted molar refractivity (Wildman–Crippen MR) is 143 cm³/mol. The van der Waals surface area contributed by atoms with Crippen LogP contribution in [0.15, 0.2) is 18.2 Å². The molecule has 0 aromatic heterocycles. The molecule has 7 nitrogen and oxygen atoms in total. The van der Waals surface area contributed by atoms with Crippen LogP contribution < -0.4 is 11.1 Å². The van der Waals surface area contributed by atoms with Crippen LogP contribution in [0.1, 0.15) is 99.2 Å². The molecule has 4 atom stereocenters. The van der Waals surface area contributed by atoms with E-state index in [1.54, 1.807) is 21.9 Å². The number of halogens is 2. The number of nitrogens with one attached hydrogen (secondary N) is 1. The lowest BCUT2D eigenvalue weighted by Crippen LogP contribution is -2.55. The van der Waals surface area contributed by atoms with Gasteiger partial charge in [-0.15, -0.1) is 0 Å². The van der Waals surface area contributed by atoms with E-state index in [2.05, 4.69) is 5.32 Å². The van der Waals surface area contributed by atoms with Crippen LogP contribution in [0.25, 0.3) is 0 Å². The summed E-state index contributed by atoms with van der Waals surface area (Å²) < 4.78 is 37.0. The molecule has 2 amide bonds. The molecule has 2 saturated heterocycles. The lowest BCUT2D eigenvalue weighted by atomic mass is 9.68. The minimum Gasteiger partial charge on any atom is -0.350 e. The van der Waals surface area contributed by atoms with Gasteiger partial charge in [-0.3, -0.25) is 14.9 Å². The fourth-order valence-electron chi connectivity index (χ4n) is 7.45. The standard InChI is InChI=1S/C30H42F2N4O3/c31-22-9-11-25-30(19-22,21-6-4-2-1-3-5-7-21)39-26(34-25)23-10-8-20(18-24(23)32)27(37)35-14-16-36(17-15-35)28(38)29(33)12-13-29/h8,10,18,21-22,25-26,34H,1-7,9,11-17,19,33H2. The Hall–Kier alpha value is -2.10. The van der Waals surface area contributed by atoms with Gasteiger partial charge < -0.3 is 20.3 Å². The summed E-state index contributed by atoms with van der Waals surface area (Å²) in [5, 5.41) is 3.52. The summed E-state index contributed by atoms with van der Waals surface area (Å²) in [5.41, 5.74) is 5.38. The molecule has 6 rings (SSSR count). The van der Waals surface area contributed by atoms with Crippen LogP contribution >= 0.6 is 0 Å². The topological polar surface area (TPSA) is 87.9 Å². The first kappa shape index (κ1) is 27.1. The van der Waals surface area contributed by atoms with Crippen molar-refractivity contribution in [2.75, 3.05) is 26.2 Å². The molecule has 3 N–H and O–H groups in total. The summed E-state index contributed by atoms with van der Waals surface area (Å²) in [6.45, 7) is 1.66. The Balaban J connectivity index is 1.14. The number of rotatable bonds is 4. The van der Waals surface area contributed by atoms with E-state index >= 15 is 4.39 Å². The van der Waals surface area contributed by atoms with Crippen LogP contribution in [0.5, 0.6) is 0 Å². The molecular formula is C30H42F2N4O3. The van der Waals surface area contributed by atoms with Crippen molar-refractivity contribution < 1.29 is 23.1 Å². The van der Waals surface area contributed by atoms with E-state index in [-0.39, 0.29) is 29.3 Å². The average Bonchev–Trinajstić information content (AvgIpc) is 3.55. The molecule has 39 heavy (non-hydrogen) atoms. The van der Waals surface area contributed by atoms with Crippen molar-refractivity contribution in [2.24, 2.45) is 11.7 Å². The van der Waals surface area contributed by atoms with Crippen LogP contribution in [0.2, 0.25) is 0 Å². The number of nitrogens with zero attached hydrogens (tertiary/aromatic N) is 2. The number of benzene rings is 1. The SMILES string of the molecule is NC1(C(=O)N2CCN(C(=O)c3ccc(C4NC5CCC(F)CC5(C5CCCCCCC5)O4)c(F)c3)CC2)CC1. The summed E-state index contributed by atoms with van der Waals surface area (Å²) in [6.07, 6.45) is 9.41. The summed E-state index contributed by atoms with van der Waals surface area (Å²) in [5.74, 6) is -0.510. The number of carbonyl (C=O) groups is 2. The number of hydrogen-bond donors (Lipinski definition) is 2. The molecule has 0 bridgehead atoms. The molecule has 3 saturated carbocycles. The molecule has 2 heterocycles. The summed E-state index contributed by atoms with van der Waals surface area (Å²) >= 11 is 0. The third kappa shape index (κ3) is 5.22. The van der Waals surface area contributed by atoms with E-state index in [9.17, 15) is 14.0 Å². The summed E-state index contributed by atoms with van der Waals surface area (Å²) in [6, 6.07) is 4.59. The van der Waals surface area contributed by atoms with Crippen molar-refractivity contribution in [2.45, 2.75) is 107 Å². The van der Waals surface area contributed by atoms with E-state index in [0.29, 0.717) is 63.8 Å². The number of piperazine rings is 1. The second-order valence-corrected chi connectivity index (χ2v) is 12.6. The van der Waals surface area contributed by atoms with Gasteiger partial charge in [0.2, 0.25) is 5.91 Å². The molecule has 5 aliphatic rings. The monoisotopic (exact) mass is 544 g/mol. The van der Waals surface area contributed by atoms with Crippen LogP contribution in [0.4, 0.5) is 8.78 Å². The number of fused-ring (bicyclic) bond motifs is 1. The maximum atomic E-state index is 15.5. The third-order valence-electron chi connectivity index (χ3n) is 9.98. The van der Waals surface area contributed by atoms with Gasteiger partial charge >= 0.3 is 0 Å². The van der Waals surface area contributed by atoms with Crippen LogP contribution in [-0.4, -0.2) is 71.1 Å². The first-order valence-corrected chi connectivity index (χ1v) is 15.0. The molecule has 4 unspecified atom stereocenters. The van der Waals surface area contributed by atoms with Gasteiger partial charge in [0.15, 0.2) is 0 Å². The second kappa shape index (κ2) is 10.7. The molecular weight excluding hydrogens is 502 g/mol. The van der Waals surface area contributed by atoms with Crippen LogP contribution in [-0.2, 0) is 9.53 Å². The van der Waals surface area contributed by atoms with Crippen LogP contribution in [0.3, 0.4) is 0 Å². The molecule has 1 aromatic carbocycles. The number of hydrogen-bond acceptors (Lipinski definition) is 5. The van der Waals surface area contributed by atoms with Gasteiger partial charge in [-0.1, -0.05) is 38.2 Å². The van der Waals surface area contributed by atoms with E-state index < -0.39 is 29.4 Å².